The van der Waals surface area contributed by atoms with Crippen LogP contribution in [0.1, 0.15) is 0 Å². The van der Waals surface area contributed by atoms with Crippen LogP contribution < -0.4 is 5.56 Å². The van der Waals surface area contributed by atoms with Gasteiger partial charge in [-0.1, -0.05) is 35.6 Å². The number of pyridine rings is 1. The Kier molecular flexibility index (Phi) is 4.83. The van der Waals surface area contributed by atoms with Crippen LogP contribution in [0.3, 0.4) is 0 Å². The molecule has 3 nitrogen and oxygen atoms in total. The standard InChI is InChI=1S/C15H20BrNO2Si/c1-20(2,3)9-8-19-11-17-14-6-5-13(16)10-12(14)4-7-15(17)18/h4-7,10H,8-9,11H2,1-3H3. The highest BCUT2D eigenvalue weighted by Gasteiger charge is 2.12. The van der Waals surface area contributed by atoms with E-state index in [9.17, 15) is 4.79 Å². The van der Waals surface area contributed by atoms with Crippen LogP contribution in [0, 0.1) is 0 Å². The van der Waals surface area contributed by atoms with Gasteiger partial charge in [0, 0.05) is 25.2 Å². The highest BCUT2D eigenvalue weighted by atomic mass is 79.9. The molecule has 0 N–H and O–H groups in total. The molecule has 0 atom stereocenters. The summed E-state index contributed by atoms with van der Waals surface area (Å²) in [5, 5.41) is 1.03. The number of fused-ring (bicyclic) bond motifs is 1. The zero-order valence-corrected chi connectivity index (χ0v) is 14.7. The van der Waals surface area contributed by atoms with Crippen molar-refractivity contribution in [2.45, 2.75) is 32.4 Å². The van der Waals surface area contributed by atoms with E-state index >= 15 is 0 Å². The summed E-state index contributed by atoms with van der Waals surface area (Å²) in [6.07, 6.45) is 0. The van der Waals surface area contributed by atoms with E-state index in [0.29, 0.717) is 6.73 Å². The van der Waals surface area contributed by atoms with Crippen molar-refractivity contribution in [1.29, 1.82) is 0 Å². The lowest BCUT2D eigenvalue weighted by atomic mass is 10.2. The number of rotatable bonds is 5. The van der Waals surface area contributed by atoms with Crippen LogP contribution in [-0.2, 0) is 11.5 Å². The average molecular weight is 354 g/mol. The van der Waals surface area contributed by atoms with Gasteiger partial charge in [-0.3, -0.25) is 9.36 Å². The Morgan fingerprint density at radius 3 is 2.65 bits per heavy atom. The maximum absolute atomic E-state index is 12.0. The zero-order valence-electron chi connectivity index (χ0n) is 12.1. The lowest BCUT2D eigenvalue weighted by Crippen LogP contribution is -2.24. The highest BCUT2D eigenvalue weighted by molar-refractivity contribution is 9.10. The molecule has 1 aromatic carbocycles. The van der Waals surface area contributed by atoms with E-state index in [4.69, 9.17) is 4.74 Å². The van der Waals surface area contributed by atoms with E-state index in [0.717, 1.165) is 28.0 Å². The molecule has 0 aliphatic heterocycles. The van der Waals surface area contributed by atoms with Crippen LogP contribution in [0.5, 0.6) is 0 Å². The van der Waals surface area contributed by atoms with Crippen molar-refractivity contribution in [2.24, 2.45) is 0 Å². The van der Waals surface area contributed by atoms with Gasteiger partial charge >= 0.3 is 0 Å². The van der Waals surface area contributed by atoms with Gasteiger partial charge in [0.15, 0.2) is 0 Å². The van der Waals surface area contributed by atoms with Gasteiger partial charge in [0.05, 0.1) is 5.52 Å². The molecule has 20 heavy (non-hydrogen) atoms. The molecule has 0 spiro atoms. The quantitative estimate of drug-likeness (QED) is 0.599. The Hall–Kier alpha value is -0.913. The first-order valence-corrected chi connectivity index (χ1v) is 11.2. The van der Waals surface area contributed by atoms with Gasteiger partial charge in [-0.25, -0.2) is 0 Å². The van der Waals surface area contributed by atoms with Gasteiger partial charge in [0.1, 0.15) is 6.73 Å². The van der Waals surface area contributed by atoms with Crippen molar-refractivity contribution in [3.05, 3.63) is 45.2 Å². The van der Waals surface area contributed by atoms with Crippen molar-refractivity contribution in [3.63, 3.8) is 0 Å². The predicted octanol–water partition coefficient (Wildman–Crippen LogP) is 4.08. The molecule has 0 fully saturated rings. The van der Waals surface area contributed by atoms with E-state index < -0.39 is 8.07 Å². The number of aromatic nitrogens is 1. The monoisotopic (exact) mass is 353 g/mol. The molecule has 5 heteroatoms. The molecule has 0 unspecified atom stereocenters. The average Bonchev–Trinajstić information content (AvgIpc) is 2.35. The second-order valence-corrected chi connectivity index (χ2v) is 12.7. The van der Waals surface area contributed by atoms with Crippen LogP contribution >= 0.6 is 15.9 Å². The van der Waals surface area contributed by atoms with Crippen molar-refractivity contribution in [2.75, 3.05) is 6.61 Å². The maximum Gasteiger partial charge on any atom is 0.252 e. The Bertz CT molecular complexity index is 661. The van der Waals surface area contributed by atoms with Gasteiger partial charge in [0.2, 0.25) is 0 Å². The number of benzene rings is 1. The summed E-state index contributed by atoms with van der Waals surface area (Å²) in [4.78, 5) is 12.0. The van der Waals surface area contributed by atoms with E-state index in [1.165, 1.54) is 0 Å². The number of hydrogen-bond acceptors (Lipinski definition) is 2. The fourth-order valence-corrected chi connectivity index (χ4v) is 3.08. The molecule has 1 aromatic heterocycles. The smallest absolute Gasteiger partial charge is 0.252 e. The molecule has 0 bridgehead atoms. The van der Waals surface area contributed by atoms with Crippen LogP contribution in [0.4, 0.5) is 0 Å². The first-order chi connectivity index (χ1) is 9.37. The molecule has 0 aliphatic rings. The molecule has 0 saturated heterocycles. The Balaban J connectivity index is 2.17. The third-order valence-electron chi connectivity index (χ3n) is 3.17. The largest absolute Gasteiger partial charge is 0.361 e. The van der Waals surface area contributed by atoms with E-state index in [1.807, 2.05) is 24.3 Å². The SMILES string of the molecule is C[Si](C)(C)CCOCn1c(=O)ccc2cc(Br)ccc21. The summed E-state index contributed by atoms with van der Waals surface area (Å²) < 4.78 is 8.40. The normalized spacial score (nSPS) is 12.0. The topological polar surface area (TPSA) is 31.2 Å². The van der Waals surface area contributed by atoms with Gasteiger partial charge in [-0.2, -0.15) is 0 Å². The van der Waals surface area contributed by atoms with E-state index in [-0.39, 0.29) is 5.56 Å². The lowest BCUT2D eigenvalue weighted by Gasteiger charge is -2.16. The number of ether oxygens (including phenoxy) is 1. The zero-order chi connectivity index (χ0) is 14.8. The van der Waals surface area contributed by atoms with E-state index in [1.54, 1.807) is 10.6 Å². The van der Waals surface area contributed by atoms with Crippen LogP contribution in [0.15, 0.2) is 39.6 Å². The minimum atomic E-state index is -1.09. The predicted molar refractivity (Wildman–Crippen MR) is 90.0 cm³/mol. The Morgan fingerprint density at radius 2 is 1.95 bits per heavy atom. The lowest BCUT2D eigenvalue weighted by molar-refractivity contribution is 0.0879. The van der Waals surface area contributed by atoms with Gasteiger partial charge in [-0.05, 0) is 35.7 Å². The molecule has 0 saturated carbocycles. The van der Waals surface area contributed by atoms with Crippen molar-refractivity contribution < 1.29 is 4.74 Å². The molecule has 2 rings (SSSR count). The first kappa shape index (κ1) is 15.5. The number of hydrogen-bond donors (Lipinski definition) is 0. The van der Waals surface area contributed by atoms with Gasteiger partial charge in [0.25, 0.3) is 5.56 Å². The summed E-state index contributed by atoms with van der Waals surface area (Å²) in [5.41, 5.74) is 0.890. The molecule has 108 valence electrons. The Labute approximate surface area is 128 Å². The van der Waals surface area contributed by atoms with Gasteiger partial charge < -0.3 is 4.74 Å². The first-order valence-electron chi connectivity index (χ1n) is 6.74. The van der Waals surface area contributed by atoms with Crippen molar-refractivity contribution >= 4 is 34.9 Å². The molecular formula is C15H20BrNO2Si. The fourth-order valence-electron chi connectivity index (χ4n) is 1.94. The molecular weight excluding hydrogens is 334 g/mol. The Morgan fingerprint density at radius 1 is 1.20 bits per heavy atom. The number of nitrogens with zero attached hydrogens (tertiary/aromatic N) is 1. The second kappa shape index (κ2) is 6.24. The highest BCUT2D eigenvalue weighted by Crippen LogP contribution is 2.18. The third-order valence-corrected chi connectivity index (χ3v) is 5.37. The third kappa shape index (κ3) is 4.04. The molecule has 2 aromatic rings. The molecule has 0 amide bonds. The summed E-state index contributed by atoms with van der Waals surface area (Å²) in [7, 11) is -1.09. The second-order valence-electron chi connectivity index (χ2n) is 6.15. The van der Waals surface area contributed by atoms with Gasteiger partial charge in [-0.15, -0.1) is 0 Å². The van der Waals surface area contributed by atoms with Crippen LogP contribution in [0.2, 0.25) is 25.7 Å². The van der Waals surface area contributed by atoms with Crippen molar-refractivity contribution in [1.82, 2.24) is 4.57 Å². The minimum absolute atomic E-state index is 0.0205. The summed E-state index contributed by atoms with van der Waals surface area (Å²) >= 11 is 3.45. The molecule has 0 radical (unpaired) electrons. The minimum Gasteiger partial charge on any atom is -0.361 e. The fraction of sp³-hybridized carbons (Fsp3) is 0.400. The maximum atomic E-state index is 12.0. The van der Waals surface area contributed by atoms with E-state index in [2.05, 4.69) is 35.6 Å². The van der Waals surface area contributed by atoms with Crippen LogP contribution in [-0.4, -0.2) is 19.2 Å². The summed E-state index contributed by atoms with van der Waals surface area (Å²) in [6, 6.07) is 10.5. The molecule has 0 aliphatic carbocycles. The summed E-state index contributed by atoms with van der Waals surface area (Å²) in [5.74, 6) is 0. The molecule has 1 heterocycles. The van der Waals surface area contributed by atoms with Crippen molar-refractivity contribution in [3.8, 4) is 0 Å². The van der Waals surface area contributed by atoms with Crippen LogP contribution in [0.25, 0.3) is 10.9 Å². The number of halogens is 1. The summed E-state index contributed by atoms with van der Waals surface area (Å²) in [6.45, 7) is 7.99.